The third-order valence-electron chi connectivity index (χ3n) is 6.81. The topological polar surface area (TPSA) is 95.5 Å². The van der Waals surface area contributed by atoms with Gasteiger partial charge in [0, 0.05) is 25.3 Å². The molecule has 170 valence electrons. The molecule has 1 fully saturated rings. The number of hydrogen-bond donors (Lipinski definition) is 1. The number of nitrogens with zero attached hydrogens (tertiary/aromatic N) is 4. The molecular weight excluding hydrogens is 426 g/mol. The van der Waals surface area contributed by atoms with Crippen LogP contribution in [0.1, 0.15) is 50.7 Å². The number of rotatable bonds is 3. The van der Waals surface area contributed by atoms with Gasteiger partial charge in [-0.05, 0) is 49.9 Å². The Kier molecular flexibility index (Phi) is 4.92. The third-order valence-corrected chi connectivity index (χ3v) is 8.31. The van der Waals surface area contributed by atoms with E-state index < -0.39 is 15.3 Å². The lowest BCUT2D eigenvalue weighted by Gasteiger charge is -2.34. The number of sulfone groups is 1. The predicted molar refractivity (Wildman–Crippen MR) is 125 cm³/mol. The lowest BCUT2D eigenvalue weighted by molar-refractivity contribution is -0.125. The molecule has 0 unspecified atom stereocenters. The number of benzene rings is 1. The zero-order chi connectivity index (χ0) is 22.7. The van der Waals surface area contributed by atoms with Gasteiger partial charge in [0.15, 0.2) is 15.7 Å². The predicted octanol–water partition coefficient (Wildman–Crippen LogP) is 3.40. The Hall–Kier alpha value is -2.68. The lowest BCUT2D eigenvalue weighted by atomic mass is 9.91. The summed E-state index contributed by atoms with van der Waals surface area (Å²) in [6.07, 6.45) is 6.28. The molecular formula is C23H29N5O3S. The zero-order valence-corrected chi connectivity index (χ0v) is 19.6. The molecule has 0 radical (unpaired) electrons. The highest BCUT2D eigenvalue weighted by Gasteiger charge is 2.41. The summed E-state index contributed by atoms with van der Waals surface area (Å²) in [4.78, 5) is 26.4. The van der Waals surface area contributed by atoms with Gasteiger partial charge >= 0.3 is 0 Å². The van der Waals surface area contributed by atoms with Crippen LogP contribution in [0.5, 0.6) is 0 Å². The van der Waals surface area contributed by atoms with Crippen molar-refractivity contribution in [2.75, 3.05) is 28.7 Å². The van der Waals surface area contributed by atoms with E-state index in [1.807, 2.05) is 32.0 Å². The van der Waals surface area contributed by atoms with Gasteiger partial charge in [-0.25, -0.2) is 13.4 Å². The van der Waals surface area contributed by atoms with Gasteiger partial charge in [-0.2, -0.15) is 4.98 Å². The maximum atomic E-state index is 13.1. The molecule has 0 bridgehead atoms. The zero-order valence-electron chi connectivity index (χ0n) is 18.8. The molecule has 2 aromatic rings. The first-order valence-corrected chi connectivity index (χ1v) is 13.0. The molecule has 1 saturated carbocycles. The van der Waals surface area contributed by atoms with E-state index >= 15 is 0 Å². The first kappa shape index (κ1) is 21.2. The van der Waals surface area contributed by atoms with Crippen LogP contribution in [0.4, 0.5) is 23.1 Å². The Labute approximate surface area is 189 Å². The van der Waals surface area contributed by atoms with Crippen molar-refractivity contribution < 1.29 is 13.2 Å². The van der Waals surface area contributed by atoms with Crippen LogP contribution < -0.4 is 15.1 Å². The molecule has 0 atom stereocenters. The fourth-order valence-electron chi connectivity index (χ4n) is 5.16. The largest absolute Gasteiger partial charge is 0.351 e. The first-order valence-electron chi connectivity index (χ1n) is 11.1. The minimum absolute atomic E-state index is 0.0587. The second-order valence-electron chi connectivity index (χ2n) is 9.86. The van der Waals surface area contributed by atoms with Gasteiger partial charge in [0.25, 0.3) is 0 Å². The summed E-state index contributed by atoms with van der Waals surface area (Å²) in [6, 6.07) is 5.94. The van der Waals surface area contributed by atoms with Gasteiger partial charge < -0.3 is 15.1 Å². The quantitative estimate of drug-likeness (QED) is 0.758. The van der Waals surface area contributed by atoms with Crippen molar-refractivity contribution in [1.82, 2.24) is 9.97 Å². The summed E-state index contributed by atoms with van der Waals surface area (Å²) >= 11 is 0. The van der Waals surface area contributed by atoms with E-state index in [9.17, 15) is 13.2 Å². The summed E-state index contributed by atoms with van der Waals surface area (Å²) in [5, 5.41) is 3.24. The lowest BCUT2D eigenvalue weighted by Crippen LogP contribution is -2.45. The molecule has 2 aliphatic heterocycles. The van der Waals surface area contributed by atoms with Crippen LogP contribution in [0.15, 0.2) is 24.4 Å². The molecule has 1 N–H and O–H groups in total. The van der Waals surface area contributed by atoms with Crippen molar-refractivity contribution in [2.45, 2.75) is 57.1 Å². The summed E-state index contributed by atoms with van der Waals surface area (Å²) in [6.45, 7) is 4.59. The van der Waals surface area contributed by atoms with E-state index in [-0.39, 0.29) is 17.4 Å². The summed E-state index contributed by atoms with van der Waals surface area (Å²) < 4.78 is 23.9. The Bertz CT molecular complexity index is 1190. The number of nitrogens with one attached hydrogen (secondary N) is 1. The van der Waals surface area contributed by atoms with Crippen molar-refractivity contribution >= 4 is 38.9 Å². The molecule has 1 aromatic heterocycles. The standard InChI is InChI=1S/C23H29N5O3S/c1-23(2)14-28(18-6-4-5-7-18)20-19(27(3)21(23)29)11-24-22(26-20)25-17-9-8-15-12-32(30,31)13-16(15)10-17/h8-11,18H,4-7,12-14H2,1-3H3,(H,24,25,26). The van der Waals surface area contributed by atoms with Gasteiger partial charge in [0.2, 0.25) is 11.9 Å². The van der Waals surface area contributed by atoms with Crippen molar-refractivity contribution in [2.24, 2.45) is 5.41 Å². The Morgan fingerprint density at radius 2 is 1.84 bits per heavy atom. The van der Waals surface area contributed by atoms with Gasteiger partial charge in [-0.1, -0.05) is 18.9 Å². The highest BCUT2D eigenvalue weighted by atomic mass is 32.2. The maximum Gasteiger partial charge on any atom is 0.234 e. The molecule has 9 heteroatoms. The molecule has 0 spiro atoms. The van der Waals surface area contributed by atoms with Gasteiger partial charge in [-0.3, -0.25) is 4.79 Å². The van der Waals surface area contributed by atoms with Gasteiger partial charge in [0.1, 0.15) is 5.69 Å². The fourth-order valence-corrected chi connectivity index (χ4v) is 6.76. The molecule has 32 heavy (non-hydrogen) atoms. The molecule has 8 nitrogen and oxygen atoms in total. The first-order chi connectivity index (χ1) is 15.1. The number of amides is 1. The maximum absolute atomic E-state index is 13.1. The van der Waals surface area contributed by atoms with Gasteiger partial charge in [0.05, 0.1) is 23.1 Å². The van der Waals surface area contributed by atoms with E-state index in [0.717, 1.165) is 41.2 Å². The van der Waals surface area contributed by atoms with Crippen molar-refractivity contribution in [3.8, 4) is 0 Å². The summed E-state index contributed by atoms with van der Waals surface area (Å²) in [5.74, 6) is 1.45. The van der Waals surface area contributed by atoms with E-state index in [1.165, 1.54) is 12.8 Å². The number of hydrogen-bond acceptors (Lipinski definition) is 7. The Balaban J connectivity index is 1.51. The molecule has 1 amide bonds. The minimum atomic E-state index is -3.05. The third kappa shape index (κ3) is 3.72. The minimum Gasteiger partial charge on any atom is -0.351 e. The highest BCUT2D eigenvalue weighted by molar-refractivity contribution is 7.90. The van der Waals surface area contributed by atoms with Crippen molar-refractivity contribution in [3.05, 3.63) is 35.5 Å². The van der Waals surface area contributed by atoms with Crippen molar-refractivity contribution in [3.63, 3.8) is 0 Å². The van der Waals surface area contributed by atoms with Crippen LogP contribution in [0.2, 0.25) is 0 Å². The number of fused-ring (bicyclic) bond motifs is 2. The average molecular weight is 456 g/mol. The fraction of sp³-hybridized carbons (Fsp3) is 0.522. The van der Waals surface area contributed by atoms with E-state index in [1.54, 1.807) is 18.1 Å². The average Bonchev–Trinajstić information content (AvgIpc) is 3.35. The molecule has 1 aromatic carbocycles. The van der Waals surface area contributed by atoms with Crippen LogP contribution in [0, 0.1) is 5.41 Å². The van der Waals surface area contributed by atoms with Crippen LogP contribution in [0.25, 0.3) is 0 Å². The molecule has 3 heterocycles. The number of carbonyl (C=O) groups excluding carboxylic acids is 1. The van der Waals surface area contributed by atoms with E-state index in [2.05, 4.69) is 15.2 Å². The van der Waals surface area contributed by atoms with Crippen LogP contribution in [0.3, 0.4) is 0 Å². The number of carbonyl (C=O) groups is 1. The normalized spacial score (nSPS) is 21.9. The molecule has 3 aliphatic rings. The molecule has 1 aliphatic carbocycles. The summed E-state index contributed by atoms with van der Waals surface area (Å²) in [5.41, 5.74) is 2.62. The number of aromatic nitrogens is 2. The Morgan fingerprint density at radius 1 is 1.12 bits per heavy atom. The SMILES string of the molecule is CN1C(=O)C(C)(C)CN(C2CCCC2)c2nc(Nc3ccc4c(c3)CS(=O)(=O)C4)ncc21. The molecule has 5 rings (SSSR count). The highest BCUT2D eigenvalue weighted by Crippen LogP contribution is 2.40. The second kappa shape index (κ2) is 7.43. The van der Waals surface area contributed by atoms with Crippen molar-refractivity contribution in [1.29, 1.82) is 0 Å². The van der Waals surface area contributed by atoms with E-state index in [4.69, 9.17) is 4.98 Å². The smallest absolute Gasteiger partial charge is 0.234 e. The van der Waals surface area contributed by atoms with Crippen LogP contribution >= 0.6 is 0 Å². The summed E-state index contributed by atoms with van der Waals surface area (Å²) in [7, 11) is -1.26. The number of anilines is 4. The molecule has 0 saturated heterocycles. The van der Waals surface area contributed by atoms with Gasteiger partial charge in [-0.15, -0.1) is 0 Å². The van der Waals surface area contributed by atoms with E-state index in [0.29, 0.717) is 18.5 Å². The monoisotopic (exact) mass is 455 g/mol. The van der Waals surface area contributed by atoms with Crippen LogP contribution in [-0.4, -0.2) is 43.9 Å². The second-order valence-corrected chi connectivity index (χ2v) is 11.9. The van der Waals surface area contributed by atoms with Crippen LogP contribution in [-0.2, 0) is 26.1 Å². The Morgan fingerprint density at radius 3 is 2.59 bits per heavy atom.